The van der Waals surface area contributed by atoms with Crippen molar-refractivity contribution in [3.8, 4) is 5.88 Å². The molecule has 1 aliphatic heterocycles. The molecule has 4 atom stereocenters. The van der Waals surface area contributed by atoms with Crippen molar-refractivity contribution in [2.24, 2.45) is 11.3 Å². The number of halogens is 4. The van der Waals surface area contributed by atoms with Crippen molar-refractivity contribution in [2.45, 2.75) is 71.7 Å². The van der Waals surface area contributed by atoms with E-state index in [1.807, 2.05) is 20.8 Å². The highest BCUT2D eigenvalue weighted by Crippen LogP contribution is 2.50. The summed E-state index contributed by atoms with van der Waals surface area (Å²) in [5.41, 5.74) is -1.08. The minimum atomic E-state index is -4.64. The highest BCUT2D eigenvalue weighted by molar-refractivity contribution is 9.10. The molecule has 39 heavy (non-hydrogen) atoms. The van der Waals surface area contributed by atoms with Gasteiger partial charge in [-0.25, -0.2) is 14.6 Å². The predicted molar refractivity (Wildman–Crippen MR) is 139 cm³/mol. The van der Waals surface area contributed by atoms with Gasteiger partial charge in [0.1, 0.15) is 6.04 Å². The van der Waals surface area contributed by atoms with Crippen LogP contribution in [0.5, 0.6) is 5.88 Å². The smallest absolute Gasteiger partial charge is 0.417 e. The molecule has 1 aromatic heterocycles. The second kappa shape index (κ2) is 11.7. The summed E-state index contributed by atoms with van der Waals surface area (Å²) in [5, 5.41) is 10.4. The average Bonchev–Trinajstić information content (AvgIpc) is 3.17. The lowest BCUT2D eigenvalue weighted by Crippen LogP contribution is -2.47. The van der Waals surface area contributed by atoms with E-state index in [1.54, 1.807) is 38.1 Å². The van der Waals surface area contributed by atoms with Crippen LogP contribution in [0, 0.1) is 11.3 Å². The van der Waals surface area contributed by atoms with Gasteiger partial charge in [0.2, 0.25) is 5.88 Å². The molecule has 1 aliphatic rings. The largest absolute Gasteiger partial charge is 0.481 e. The second-order valence-electron chi connectivity index (χ2n) is 10.7. The van der Waals surface area contributed by atoms with Crippen LogP contribution in [0.25, 0.3) is 0 Å². The number of rotatable bonds is 7. The fourth-order valence-electron chi connectivity index (χ4n) is 4.97. The summed E-state index contributed by atoms with van der Waals surface area (Å²) in [6.45, 7) is 8.41. The molecule has 0 radical (unpaired) electrons. The van der Waals surface area contributed by atoms with E-state index >= 15 is 0 Å². The Kier molecular flexibility index (Phi) is 9.21. The van der Waals surface area contributed by atoms with E-state index in [2.05, 4.69) is 20.9 Å². The number of hydrogen-bond acceptors (Lipinski definition) is 6. The van der Waals surface area contributed by atoms with Crippen molar-refractivity contribution in [2.75, 3.05) is 7.11 Å². The Morgan fingerprint density at radius 1 is 1.18 bits per heavy atom. The van der Waals surface area contributed by atoms with Gasteiger partial charge >= 0.3 is 18.2 Å². The number of alkyl halides is 3. The van der Waals surface area contributed by atoms with Crippen LogP contribution >= 0.6 is 15.9 Å². The average molecular weight is 617 g/mol. The molecular weight excluding hydrogens is 585 g/mol. The number of aromatic nitrogens is 1. The first-order chi connectivity index (χ1) is 18.1. The Balaban J connectivity index is 2.17. The molecule has 2 heterocycles. The number of carboxylic acids is 1. The van der Waals surface area contributed by atoms with E-state index in [-0.39, 0.29) is 18.1 Å². The molecule has 3 rings (SSSR count). The summed E-state index contributed by atoms with van der Waals surface area (Å²) in [6, 6.07) is 5.61. The van der Waals surface area contributed by atoms with Gasteiger partial charge in [-0.2, -0.15) is 13.2 Å². The standard InChI is InChI=1S/C27H32BrF3N2O6/c1-14(2)39-25(36)33-20(15-8-7-9-18(28)11-15)22(19(26(3,4)5)21(33)24(34)35)38-13-16-10-17(27(29,30)31)12-32-23(16)37-6/h7-12,14,19-22H,13H2,1-6H3,(H,34,35)/t19-,20+,21+,22+/m1/s1. The van der Waals surface area contributed by atoms with Crippen molar-refractivity contribution in [1.82, 2.24) is 9.88 Å². The van der Waals surface area contributed by atoms with Gasteiger partial charge in [-0.1, -0.05) is 48.8 Å². The number of methoxy groups -OCH3 is 1. The van der Waals surface area contributed by atoms with Crippen LogP contribution in [-0.2, 0) is 27.1 Å². The molecule has 214 valence electrons. The Labute approximate surface area is 233 Å². The zero-order valence-corrected chi connectivity index (χ0v) is 24.0. The van der Waals surface area contributed by atoms with Crippen LogP contribution < -0.4 is 4.74 Å². The van der Waals surface area contributed by atoms with E-state index in [9.17, 15) is 27.9 Å². The van der Waals surface area contributed by atoms with Crippen LogP contribution in [0.3, 0.4) is 0 Å². The number of nitrogens with zero attached hydrogens (tertiary/aromatic N) is 2. The maximum atomic E-state index is 13.4. The van der Waals surface area contributed by atoms with Crippen molar-refractivity contribution < 1.29 is 42.1 Å². The zero-order valence-electron chi connectivity index (χ0n) is 22.5. The van der Waals surface area contributed by atoms with Crippen molar-refractivity contribution >= 4 is 28.0 Å². The fourth-order valence-corrected chi connectivity index (χ4v) is 5.39. The van der Waals surface area contributed by atoms with Gasteiger partial charge in [0, 0.05) is 22.2 Å². The number of likely N-dealkylation sites (tertiary alicyclic amines) is 1. The van der Waals surface area contributed by atoms with Crippen LogP contribution in [0.15, 0.2) is 41.0 Å². The molecule has 0 aliphatic carbocycles. The highest BCUT2D eigenvalue weighted by Gasteiger charge is 2.59. The number of carbonyl (C=O) groups excluding carboxylic acids is 1. The van der Waals surface area contributed by atoms with Crippen molar-refractivity contribution in [3.63, 3.8) is 0 Å². The van der Waals surface area contributed by atoms with E-state index in [1.165, 1.54) is 12.0 Å². The van der Waals surface area contributed by atoms with Gasteiger partial charge in [-0.05, 0) is 43.0 Å². The molecule has 0 unspecified atom stereocenters. The van der Waals surface area contributed by atoms with Gasteiger partial charge in [-0.15, -0.1) is 0 Å². The molecule has 1 fully saturated rings. The van der Waals surface area contributed by atoms with Crippen LogP contribution in [0.4, 0.5) is 18.0 Å². The SMILES string of the molecule is COc1ncc(C(F)(F)F)cc1CO[C@H]1[C@H](C(C)(C)C)[C@@H](C(=O)O)N(C(=O)OC(C)C)[C@H]1c1cccc(Br)c1. The third kappa shape index (κ3) is 6.84. The van der Waals surface area contributed by atoms with E-state index in [0.29, 0.717) is 16.2 Å². The third-order valence-electron chi connectivity index (χ3n) is 6.47. The summed E-state index contributed by atoms with van der Waals surface area (Å²) < 4.78 is 57.9. The first-order valence-corrected chi connectivity index (χ1v) is 13.0. The van der Waals surface area contributed by atoms with Crippen LogP contribution in [0.1, 0.15) is 57.4 Å². The molecule has 2 aromatic rings. The molecule has 1 amide bonds. The topological polar surface area (TPSA) is 98.2 Å². The van der Waals surface area contributed by atoms with E-state index < -0.39 is 59.4 Å². The monoisotopic (exact) mass is 616 g/mol. The number of pyridine rings is 1. The number of carboxylic acid groups (broad SMARTS) is 1. The molecule has 1 aromatic carbocycles. The third-order valence-corrected chi connectivity index (χ3v) is 6.97. The molecule has 1 N–H and O–H groups in total. The van der Waals surface area contributed by atoms with Crippen LogP contribution in [-0.4, -0.2) is 52.4 Å². The lowest BCUT2D eigenvalue weighted by Gasteiger charge is -2.34. The maximum Gasteiger partial charge on any atom is 0.417 e. The minimum absolute atomic E-state index is 0.0306. The molecule has 0 spiro atoms. The second-order valence-corrected chi connectivity index (χ2v) is 11.6. The first-order valence-electron chi connectivity index (χ1n) is 12.2. The number of aliphatic carboxylic acids is 1. The first kappa shape index (κ1) is 30.7. The van der Waals surface area contributed by atoms with E-state index in [4.69, 9.17) is 14.2 Å². The number of carbonyl (C=O) groups is 2. The number of hydrogen-bond donors (Lipinski definition) is 1. The summed E-state index contributed by atoms with van der Waals surface area (Å²) >= 11 is 3.42. The van der Waals surface area contributed by atoms with Gasteiger partial charge in [0.15, 0.2) is 0 Å². The number of benzene rings is 1. The lowest BCUT2D eigenvalue weighted by atomic mass is 9.73. The normalized spacial score (nSPS) is 21.8. The maximum absolute atomic E-state index is 13.4. The Bertz CT molecular complexity index is 1200. The molecular formula is C27H32BrF3N2O6. The quantitative estimate of drug-likeness (QED) is 0.380. The van der Waals surface area contributed by atoms with Crippen LogP contribution in [0.2, 0.25) is 0 Å². The predicted octanol–water partition coefficient (Wildman–Crippen LogP) is 6.47. The van der Waals surface area contributed by atoms with Gasteiger partial charge in [0.25, 0.3) is 0 Å². The highest BCUT2D eigenvalue weighted by atomic mass is 79.9. The van der Waals surface area contributed by atoms with E-state index in [0.717, 1.165) is 6.07 Å². The fraction of sp³-hybridized carbons (Fsp3) is 0.519. The van der Waals surface area contributed by atoms with Gasteiger partial charge in [0.05, 0.1) is 37.5 Å². The van der Waals surface area contributed by atoms with Gasteiger partial charge < -0.3 is 19.3 Å². The molecule has 12 heteroatoms. The molecule has 0 bridgehead atoms. The Hall–Kier alpha value is -2.86. The summed E-state index contributed by atoms with van der Waals surface area (Å²) in [7, 11) is 1.28. The molecule has 0 saturated carbocycles. The lowest BCUT2D eigenvalue weighted by molar-refractivity contribution is -0.145. The molecule has 8 nitrogen and oxygen atoms in total. The zero-order chi connectivity index (χ0) is 29.3. The van der Waals surface area contributed by atoms with Crippen molar-refractivity contribution in [1.29, 1.82) is 0 Å². The number of ether oxygens (including phenoxy) is 3. The summed E-state index contributed by atoms with van der Waals surface area (Å²) in [5.74, 6) is -2.08. The summed E-state index contributed by atoms with van der Waals surface area (Å²) in [4.78, 5) is 31.1. The van der Waals surface area contributed by atoms with Gasteiger partial charge in [-0.3, -0.25) is 4.90 Å². The minimum Gasteiger partial charge on any atom is -0.481 e. The summed E-state index contributed by atoms with van der Waals surface area (Å²) in [6.07, 6.45) is -6.27. The van der Waals surface area contributed by atoms with Crippen molar-refractivity contribution in [3.05, 3.63) is 57.7 Å². The number of amides is 1. The molecule has 1 saturated heterocycles. The Morgan fingerprint density at radius 3 is 2.36 bits per heavy atom. The Morgan fingerprint density at radius 2 is 1.85 bits per heavy atom.